The van der Waals surface area contributed by atoms with Gasteiger partial charge in [0, 0.05) is 18.5 Å². The Morgan fingerprint density at radius 2 is 1.80 bits per heavy atom. The fourth-order valence-electron chi connectivity index (χ4n) is 3.77. The van der Waals surface area contributed by atoms with Crippen LogP contribution in [0, 0.1) is 5.82 Å². The standard InChI is InChI=1S/C28H24FN3O3/c1-17(2)32(3)27-26(25-15-20-13-21(29)10-12-24(20)35-25)30-22-11-9-19(14-23(22)31-27)28(33)34-16-18-7-5-4-6-8-18/h4-15,17H,16H2,1-3H3. The number of hydrogen-bond acceptors (Lipinski definition) is 6. The van der Waals surface area contributed by atoms with Gasteiger partial charge in [0.2, 0.25) is 0 Å². The quantitative estimate of drug-likeness (QED) is 0.269. The molecule has 0 unspecified atom stereocenters. The predicted molar refractivity (Wildman–Crippen MR) is 134 cm³/mol. The molecule has 3 aromatic carbocycles. The van der Waals surface area contributed by atoms with Crippen LogP contribution in [-0.4, -0.2) is 29.0 Å². The molecule has 0 aliphatic rings. The van der Waals surface area contributed by atoms with E-state index in [1.54, 1.807) is 30.3 Å². The third-order valence-electron chi connectivity index (χ3n) is 5.91. The van der Waals surface area contributed by atoms with Crippen LogP contribution < -0.4 is 4.90 Å². The summed E-state index contributed by atoms with van der Waals surface area (Å²) in [4.78, 5) is 24.3. The molecule has 0 amide bonds. The second-order valence-corrected chi connectivity index (χ2v) is 8.66. The van der Waals surface area contributed by atoms with Gasteiger partial charge in [-0.1, -0.05) is 30.3 Å². The van der Waals surface area contributed by atoms with Crippen molar-refractivity contribution in [1.82, 2.24) is 9.97 Å². The number of esters is 1. The Morgan fingerprint density at radius 3 is 2.57 bits per heavy atom. The van der Waals surface area contributed by atoms with Gasteiger partial charge < -0.3 is 14.1 Å². The Kier molecular flexibility index (Phi) is 5.91. The van der Waals surface area contributed by atoms with Gasteiger partial charge in [0.05, 0.1) is 16.6 Å². The van der Waals surface area contributed by atoms with Gasteiger partial charge in [-0.2, -0.15) is 0 Å². The molecule has 5 aromatic rings. The minimum absolute atomic E-state index is 0.126. The van der Waals surface area contributed by atoms with Crippen molar-refractivity contribution in [2.45, 2.75) is 26.5 Å². The van der Waals surface area contributed by atoms with E-state index >= 15 is 0 Å². The maximum Gasteiger partial charge on any atom is 0.338 e. The van der Waals surface area contributed by atoms with Crippen LogP contribution in [0.3, 0.4) is 0 Å². The SMILES string of the molecule is CC(C)N(C)c1nc2cc(C(=O)OCc3ccccc3)ccc2nc1-c1cc2cc(F)ccc2o1. The summed E-state index contributed by atoms with van der Waals surface area (Å²) in [6.07, 6.45) is 0. The number of nitrogens with zero attached hydrogens (tertiary/aromatic N) is 3. The molecule has 176 valence electrons. The van der Waals surface area contributed by atoms with Crippen LogP contribution in [0.1, 0.15) is 29.8 Å². The van der Waals surface area contributed by atoms with Gasteiger partial charge >= 0.3 is 5.97 Å². The lowest BCUT2D eigenvalue weighted by molar-refractivity contribution is 0.0473. The fourth-order valence-corrected chi connectivity index (χ4v) is 3.77. The second kappa shape index (κ2) is 9.18. The van der Waals surface area contributed by atoms with Crippen molar-refractivity contribution in [3.63, 3.8) is 0 Å². The number of anilines is 1. The van der Waals surface area contributed by atoms with Crippen molar-refractivity contribution >= 4 is 33.8 Å². The largest absolute Gasteiger partial charge is 0.457 e. The molecular formula is C28H24FN3O3. The summed E-state index contributed by atoms with van der Waals surface area (Å²) in [7, 11) is 1.92. The summed E-state index contributed by atoms with van der Waals surface area (Å²) >= 11 is 0. The maximum absolute atomic E-state index is 13.7. The smallest absolute Gasteiger partial charge is 0.338 e. The van der Waals surface area contributed by atoms with Gasteiger partial charge in [-0.05, 0) is 61.9 Å². The molecule has 0 saturated heterocycles. The molecule has 2 aromatic heterocycles. The van der Waals surface area contributed by atoms with Crippen LogP contribution in [0.2, 0.25) is 0 Å². The Labute approximate surface area is 202 Å². The minimum atomic E-state index is -0.431. The first-order valence-electron chi connectivity index (χ1n) is 11.3. The van der Waals surface area contributed by atoms with Crippen molar-refractivity contribution in [3.8, 4) is 11.5 Å². The molecule has 0 spiro atoms. The van der Waals surface area contributed by atoms with Gasteiger partial charge in [-0.25, -0.2) is 19.2 Å². The van der Waals surface area contributed by atoms with Crippen molar-refractivity contribution < 1.29 is 18.3 Å². The number of hydrogen-bond donors (Lipinski definition) is 0. The van der Waals surface area contributed by atoms with Crippen LogP contribution in [0.15, 0.2) is 77.2 Å². The summed E-state index contributed by atoms with van der Waals surface area (Å²) in [5.74, 6) is 0.330. The lowest BCUT2D eigenvalue weighted by Crippen LogP contribution is -2.27. The molecule has 2 heterocycles. The van der Waals surface area contributed by atoms with Crippen molar-refractivity contribution in [1.29, 1.82) is 0 Å². The average molecular weight is 470 g/mol. The lowest BCUT2D eigenvalue weighted by Gasteiger charge is -2.24. The molecule has 0 bridgehead atoms. The van der Waals surface area contributed by atoms with Crippen molar-refractivity contribution in [3.05, 3.63) is 89.7 Å². The molecule has 5 rings (SSSR count). The van der Waals surface area contributed by atoms with E-state index in [-0.39, 0.29) is 18.5 Å². The number of fused-ring (bicyclic) bond motifs is 2. The van der Waals surface area contributed by atoms with E-state index in [1.807, 2.05) is 56.1 Å². The van der Waals surface area contributed by atoms with Gasteiger partial charge in [-0.15, -0.1) is 0 Å². The van der Waals surface area contributed by atoms with Crippen LogP contribution in [0.25, 0.3) is 33.5 Å². The summed E-state index contributed by atoms with van der Waals surface area (Å²) in [5.41, 5.74) is 3.59. The molecule has 7 heteroatoms. The zero-order chi connectivity index (χ0) is 24.5. The number of benzene rings is 3. The summed E-state index contributed by atoms with van der Waals surface area (Å²) < 4.78 is 25.2. The van der Waals surface area contributed by atoms with Crippen molar-refractivity contribution in [2.75, 3.05) is 11.9 Å². The summed E-state index contributed by atoms with van der Waals surface area (Å²) in [6, 6.07) is 20.9. The summed E-state index contributed by atoms with van der Waals surface area (Å²) in [5, 5.41) is 0.650. The van der Waals surface area contributed by atoms with Gasteiger partial charge in [0.25, 0.3) is 0 Å². The number of rotatable bonds is 6. The highest BCUT2D eigenvalue weighted by molar-refractivity contribution is 5.95. The maximum atomic E-state index is 13.7. The Balaban J connectivity index is 1.54. The van der Waals surface area contributed by atoms with Crippen LogP contribution in [-0.2, 0) is 11.3 Å². The topological polar surface area (TPSA) is 68.5 Å². The van der Waals surface area contributed by atoms with E-state index in [0.717, 1.165) is 5.56 Å². The Hall–Kier alpha value is -4.26. The zero-order valence-electron chi connectivity index (χ0n) is 19.7. The predicted octanol–water partition coefficient (Wildman–Crippen LogP) is 6.38. The van der Waals surface area contributed by atoms with Crippen LogP contribution in [0.4, 0.5) is 10.2 Å². The van der Waals surface area contributed by atoms with E-state index < -0.39 is 5.97 Å². The molecule has 35 heavy (non-hydrogen) atoms. The molecule has 0 aliphatic heterocycles. The molecule has 0 atom stereocenters. The molecular weight excluding hydrogens is 445 g/mol. The van der Waals surface area contributed by atoms with Crippen molar-refractivity contribution in [2.24, 2.45) is 0 Å². The number of aromatic nitrogens is 2. The highest BCUT2D eigenvalue weighted by Crippen LogP contribution is 2.34. The minimum Gasteiger partial charge on any atom is -0.457 e. The number of carbonyl (C=O) groups excluding carboxylic acids is 1. The number of carbonyl (C=O) groups is 1. The molecule has 0 radical (unpaired) electrons. The third-order valence-corrected chi connectivity index (χ3v) is 5.91. The number of ether oxygens (including phenoxy) is 1. The second-order valence-electron chi connectivity index (χ2n) is 8.66. The van der Waals surface area contributed by atoms with E-state index in [1.165, 1.54) is 12.1 Å². The number of furan rings is 1. The molecule has 0 fully saturated rings. The highest BCUT2D eigenvalue weighted by Gasteiger charge is 2.21. The van der Waals surface area contributed by atoms with Gasteiger partial charge in [-0.3, -0.25) is 0 Å². The summed E-state index contributed by atoms with van der Waals surface area (Å²) in [6.45, 7) is 4.28. The third kappa shape index (κ3) is 4.57. The first kappa shape index (κ1) is 22.5. The molecule has 0 saturated carbocycles. The lowest BCUT2D eigenvalue weighted by atomic mass is 10.1. The van der Waals surface area contributed by atoms with E-state index in [0.29, 0.717) is 44.8 Å². The Bertz CT molecular complexity index is 1530. The van der Waals surface area contributed by atoms with E-state index in [9.17, 15) is 9.18 Å². The van der Waals surface area contributed by atoms with E-state index in [4.69, 9.17) is 19.1 Å². The van der Waals surface area contributed by atoms with Gasteiger partial charge in [0.1, 0.15) is 23.7 Å². The van der Waals surface area contributed by atoms with Gasteiger partial charge in [0.15, 0.2) is 11.6 Å². The zero-order valence-corrected chi connectivity index (χ0v) is 19.7. The molecule has 6 nitrogen and oxygen atoms in total. The van der Waals surface area contributed by atoms with Crippen LogP contribution >= 0.6 is 0 Å². The first-order chi connectivity index (χ1) is 16.9. The highest BCUT2D eigenvalue weighted by atomic mass is 19.1. The monoisotopic (exact) mass is 469 g/mol. The average Bonchev–Trinajstić information content (AvgIpc) is 3.29. The normalized spacial score (nSPS) is 11.3. The first-order valence-corrected chi connectivity index (χ1v) is 11.3. The molecule has 0 N–H and O–H groups in total. The van der Waals surface area contributed by atoms with Crippen LogP contribution in [0.5, 0.6) is 0 Å². The molecule has 0 aliphatic carbocycles. The number of halogens is 1. The fraction of sp³-hybridized carbons (Fsp3) is 0.179. The Morgan fingerprint density at radius 1 is 1.00 bits per heavy atom. The van der Waals surface area contributed by atoms with E-state index in [2.05, 4.69) is 0 Å².